The Labute approximate surface area is 125 Å². The highest BCUT2D eigenvalue weighted by atomic mass is 16.5. The van der Waals surface area contributed by atoms with Gasteiger partial charge in [0.15, 0.2) is 0 Å². The van der Waals surface area contributed by atoms with Gasteiger partial charge in [-0.05, 0) is 24.8 Å². The van der Waals surface area contributed by atoms with Gasteiger partial charge in [-0.25, -0.2) is 0 Å². The van der Waals surface area contributed by atoms with Crippen LogP contribution in [0.2, 0.25) is 0 Å². The van der Waals surface area contributed by atoms with Crippen molar-refractivity contribution in [2.75, 3.05) is 6.54 Å². The van der Waals surface area contributed by atoms with E-state index >= 15 is 0 Å². The van der Waals surface area contributed by atoms with E-state index < -0.39 is 0 Å². The monoisotopic (exact) mass is 285 g/mol. The number of aryl methyl sites for hydroxylation is 1. The van der Waals surface area contributed by atoms with Gasteiger partial charge in [-0.3, -0.25) is 0 Å². The van der Waals surface area contributed by atoms with Crippen LogP contribution in [0.1, 0.15) is 50.5 Å². The van der Waals surface area contributed by atoms with Gasteiger partial charge in [0.25, 0.3) is 0 Å². The fourth-order valence-electron chi connectivity index (χ4n) is 3.18. The van der Waals surface area contributed by atoms with Crippen LogP contribution in [0.3, 0.4) is 0 Å². The van der Waals surface area contributed by atoms with Crippen LogP contribution in [-0.4, -0.2) is 16.7 Å². The van der Waals surface area contributed by atoms with Crippen LogP contribution in [-0.2, 0) is 11.8 Å². The van der Waals surface area contributed by atoms with E-state index in [2.05, 4.69) is 41.3 Å². The summed E-state index contributed by atoms with van der Waals surface area (Å²) < 4.78 is 5.57. The molecular weight excluding hydrogens is 262 g/mol. The third-order valence-electron chi connectivity index (χ3n) is 4.70. The van der Waals surface area contributed by atoms with Crippen LogP contribution in [0.5, 0.6) is 0 Å². The molecule has 4 nitrogen and oxygen atoms in total. The Morgan fingerprint density at radius 3 is 2.48 bits per heavy atom. The largest absolute Gasteiger partial charge is 0.338 e. The molecule has 1 aromatic carbocycles. The quantitative estimate of drug-likeness (QED) is 0.934. The zero-order chi connectivity index (χ0) is 14.7. The van der Waals surface area contributed by atoms with Gasteiger partial charge >= 0.3 is 0 Å². The maximum Gasteiger partial charge on any atom is 0.234 e. The van der Waals surface area contributed by atoms with E-state index in [1.807, 2.05) is 0 Å². The molecule has 0 amide bonds. The summed E-state index contributed by atoms with van der Waals surface area (Å²) in [6.07, 6.45) is 6.81. The van der Waals surface area contributed by atoms with Crippen LogP contribution in [0.4, 0.5) is 0 Å². The summed E-state index contributed by atoms with van der Waals surface area (Å²) in [6, 6.07) is 8.35. The van der Waals surface area contributed by atoms with Crippen molar-refractivity contribution in [2.24, 2.45) is 5.73 Å². The number of benzene rings is 1. The van der Waals surface area contributed by atoms with E-state index in [0.29, 0.717) is 12.4 Å². The summed E-state index contributed by atoms with van der Waals surface area (Å²) in [6.45, 7) is 2.74. The normalized spacial score (nSPS) is 17.8. The highest BCUT2D eigenvalue weighted by Crippen LogP contribution is 2.38. The van der Waals surface area contributed by atoms with E-state index in [1.54, 1.807) is 0 Å². The van der Waals surface area contributed by atoms with Gasteiger partial charge in [-0.1, -0.05) is 55.6 Å². The van der Waals surface area contributed by atoms with Crippen LogP contribution < -0.4 is 5.73 Å². The lowest BCUT2D eigenvalue weighted by Gasteiger charge is -2.32. The first kappa shape index (κ1) is 14.3. The fourth-order valence-corrected chi connectivity index (χ4v) is 3.18. The van der Waals surface area contributed by atoms with E-state index in [0.717, 1.165) is 30.7 Å². The Morgan fingerprint density at radius 2 is 1.86 bits per heavy atom. The minimum Gasteiger partial charge on any atom is -0.338 e. The SMILES string of the molecule is CCc1ccc(-c2noc(C3(CN)CCCCC3)n2)cc1. The van der Waals surface area contributed by atoms with Gasteiger partial charge in [0, 0.05) is 12.1 Å². The number of rotatable bonds is 4. The molecule has 0 radical (unpaired) electrons. The Morgan fingerprint density at radius 1 is 1.14 bits per heavy atom. The third-order valence-corrected chi connectivity index (χ3v) is 4.70. The first-order chi connectivity index (χ1) is 10.3. The second kappa shape index (κ2) is 5.98. The topological polar surface area (TPSA) is 64.9 Å². The summed E-state index contributed by atoms with van der Waals surface area (Å²) in [7, 11) is 0. The lowest BCUT2D eigenvalue weighted by molar-refractivity contribution is 0.220. The molecule has 2 N–H and O–H groups in total. The molecule has 0 atom stereocenters. The molecule has 0 spiro atoms. The highest BCUT2D eigenvalue weighted by Gasteiger charge is 2.38. The number of hydrogen-bond acceptors (Lipinski definition) is 4. The Bertz CT molecular complexity index is 582. The predicted octanol–water partition coefficient (Wildman–Crippen LogP) is 3.46. The first-order valence-electron chi connectivity index (χ1n) is 7.91. The molecule has 4 heteroatoms. The fraction of sp³-hybridized carbons (Fsp3) is 0.529. The summed E-state index contributed by atoms with van der Waals surface area (Å²) in [5, 5.41) is 4.17. The highest BCUT2D eigenvalue weighted by molar-refractivity contribution is 5.54. The molecule has 1 saturated carbocycles. The predicted molar refractivity (Wildman–Crippen MR) is 82.9 cm³/mol. The molecule has 0 unspecified atom stereocenters. The number of nitrogens with zero attached hydrogens (tertiary/aromatic N) is 2. The summed E-state index contributed by atoms with van der Waals surface area (Å²) in [5.41, 5.74) is 8.24. The van der Waals surface area contributed by atoms with Gasteiger partial charge in [-0.15, -0.1) is 0 Å². The second-order valence-electron chi connectivity index (χ2n) is 6.02. The van der Waals surface area contributed by atoms with E-state index in [4.69, 9.17) is 10.3 Å². The van der Waals surface area contributed by atoms with Crippen LogP contribution in [0.15, 0.2) is 28.8 Å². The molecule has 1 aliphatic carbocycles. The Hall–Kier alpha value is -1.68. The summed E-state index contributed by atoms with van der Waals surface area (Å²) in [4.78, 5) is 4.64. The Kier molecular flexibility index (Phi) is 4.06. The summed E-state index contributed by atoms with van der Waals surface area (Å²) >= 11 is 0. The van der Waals surface area contributed by atoms with Gasteiger partial charge < -0.3 is 10.3 Å². The molecule has 0 bridgehead atoms. The van der Waals surface area contributed by atoms with Crippen LogP contribution in [0.25, 0.3) is 11.4 Å². The zero-order valence-electron chi connectivity index (χ0n) is 12.6. The van der Waals surface area contributed by atoms with Gasteiger partial charge in [0.05, 0.1) is 5.41 Å². The van der Waals surface area contributed by atoms with E-state index in [1.165, 1.54) is 24.8 Å². The molecule has 1 heterocycles. The minimum absolute atomic E-state index is 0.104. The summed E-state index contributed by atoms with van der Waals surface area (Å²) in [5.74, 6) is 1.39. The van der Waals surface area contributed by atoms with Gasteiger partial charge in [0.2, 0.25) is 11.7 Å². The standard InChI is InChI=1S/C17H23N3O/c1-2-13-6-8-14(9-7-13)15-19-16(21-20-15)17(12-18)10-4-3-5-11-17/h6-9H,2-5,10-12,18H2,1H3. The molecule has 1 fully saturated rings. The smallest absolute Gasteiger partial charge is 0.234 e. The molecule has 0 aliphatic heterocycles. The third kappa shape index (κ3) is 2.72. The van der Waals surface area contributed by atoms with Crippen molar-refractivity contribution >= 4 is 0 Å². The molecule has 1 aromatic heterocycles. The maximum absolute atomic E-state index is 6.03. The van der Waals surface area contributed by atoms with Gasteiger partial charge in [0.1, 0.15) is 0 Å². The second-order valence-corrected chi connectivity index (χ2v) is 6.02. The lowest BCUT2D eigenvalue weighted by Crippen LogP contribution is -2.37. The minimum atomic E-state index is -0.104. The number of aromatic nitrogens is 2. The lowest BCUT2D eigenvalue weighted by atomic mass is 9.74. The van der Waals surface area contributed by atoms with Crippen molar-refractivity contribution in [1.29, 1.82) is 0 Å². The molecule has 112 valence electrons. The molecule has 1 aliphatic rings. The van der Waals surface area contributed by atoms with Crippen LogP contribution >= 0.6 is 0 Å². The van der Waals surface area contributed by atoms with Crippen molar-refractivity contribution < 1.29 is 4.52 Å². The van der Waals surface area contributed by atoms with E-state index in [9.17, 15) is 0 Å². The van der Waals surface area contributed by atoms with Crippen molar-refractivity contribution in [3.05, 3.63) is 35.7 Å². The van der Waals surface area contributed by atoms with Crippen molar-refractivity contribution in [2.45, 2.75) is 50.9 Å². The molecule has 3 rings (SSSR count). The van der Waals surface area contributed by atoms with Crippen molar-refractivity contribution in [3.63, 3.8) is 0 Å². The average molecular weight is 285 g/mol. The molecular formula is C17H23N3O. The van der Waals surface area contributed by atoms with Crippen molar-refractivity contribution in [1.82, 2.24) is 10.1 Å². The van der Waals surface area contributed by atoms with Gasteiger partial charge in [-0.2, -0.15) is 4.98 Å². The maximum atomic E-state index is 6.03. The molecule has 2 aromatic rings. The number of hydrogen-bond donors (Lipinski definition) is 1. The average Bonchev–Trinajstić information content (AvgIpc) is 3.06. The molecule has 21 heavy (non-hydrogen) atoms. The van der Waals surface area contributed by atoms with Crippen molar-refractivity contribution in [3.8, 4) is 11.4 Å². The molecule has 0 saturated heterocycles. The first-order valence-corrected chi connectivity index (χ1v) is 7.91. The number of nitrogens with two attached hydrogens (primary N) is 1. The van der Waals surface area contributed by atoms with Crippen LogP contribution in [0, 0.1) is 0 Å². The zero-order valence-corrected chi connectivity index (χ0v) is 12.6. The van der Waals surface area contributed by atoms with E-state index in [-0.39, 0.29) is 5.41 Å². The Balaban J connectivity index is 1.87.